The van der Waals surface area contributed by atoms with Gasteiger partial charge >= 0.3 is 5.97 Å². The van der Waals surface area contributed by atoms with Crippen LogP contribution in [0.2, 0.25) is 5.02 Å². The van der Waals surface area contributed by atoms with Crippen molar-refractivity contribution >= 4 is 33.3 Å². The molecule has 0 radical (unpaired) electrons. The van der Waals surface area contributed by atoms with E-state index in [-0.39, 0.29) is 28.9 Å². The number of benzene rings is 2. The van der Waals surface area contributed by atoms with Crippen molar-refractivity contribution in [1.82, 2.24) is 0 Å². The molecule has 6 atom stereocenters. The molecule has 0 aromatic heterocycles. The summed E-state index contributed by atoms with van der Waals surface area (Å²) in [6.45, 7) is 4.34. The van der Waals surface area contributed by atoms with E-state index in [1.165, 1.54) is 11.1 Å². The molecule has 1 saturated carbocycles. The number of sulfonamides is 1. The molecule has 3 N–H and O–H groups in total. The van der Waals surface area contributed by atoms with Gasteiger partial charge in [-0.2, -0.15) is 0 Å². The lowest BCUT2D eigenvalue weighted by Crippen LogP contribution is -2.51. The smallest absolute Gasteiger partial charge is 0.335 e. The Morgan fingerprint density at radius 1 is 1.23 bits per heavy atom. The topological polar surface area (TPSA) is 128 Å². The summed E-state index contributed by atoms with van der Waals surface area (Å²) in [5.41, 5.74) is 3.37. The molecule has 2 aromatic carbocycles. The highest BCUT2D eigenvalue weighted by Gasteiger charge is 2.45. The van der Waals surface area contributed by atoms with Crippen LogP contribution in [0, 0.1) is 11.8 Å². The molecule has 0 unspecified atom stereocenters. The molecule has 234 valence electrons. The van der Waals surface area contributed by atoms with Gasteiger partial charge < -0.3 is 24.2 Å². The Morgan fingerprint density at radius 3 is 2.81 bits per heavy atom. The molecule has 6 rings (SSSR count). The number of primary sulfonamides is 1. The van der Waals surface area contributed by atoms with Gasteiger partial charge in [0, 0.05) is 36.6 Å². The second-order valence-corrected chi connectivity index (χ2v) is 15.0. The van der Waals surface area contributed by atoms with Crippen LogP contribution in [0.25, 0.3) is 0 Å². The van der Waals surface area contributed by atoms with Crippen LogP contribution in [0.5, 0.6) is 5.75 Å². The summed E-state index contributed by atoms with van der Waals surface area (Å²) in [5, 5.41) is 15.8. The Labute approximate surface area is 258 Å². The minimum Gasteiger partial charge on any atom is -0.490 e. The maximum Gasteiger partial charge on any atom is 0.335 e. The van der Waals surface area contributed by atoms with E-state index in [1.54, 1.807) is 25.1 Å². The second kappa shape index (κ2) is 12.2. The van der Waals surface area contributed by atoms with Crippen LogP contribution in [-0.4, -0.2) is 69.9 Å². The number of hydrogen-bond donors (Lipinski definition) is 2. The maximum absolute atomic E-state index is 12.0. The van der Waals surface area contributed by atoms with Crippen molar-refractivity contribution in [3.8, 4) is 5.75 Å². The first-order chi connectivity index (χ1) is 20.5. The van der Waals surface area contributed by atoms with Gasteiger partial charge in [0.1, 0.15) is 5.75 Å². The third kappa shape index (κ3) is 6.68. The zero-order valence-electron chi connectivity index (χ0n) is 24.5. The van der Waals surface area contributed by atoms with E-state index in [1.807, 2.05) is 6.07 Å². The van der Waals surface area contributed by atoms with Crippen LogP contribution in [0.1, 0.15) is 66.9 Å². The number of carboxylic acids is 1. The second-order valence-electron chi connectivity index (χ2n) is 12.9. The Hall–Kier alpha value is -2.37. The Balaban J connectivity index is 1.24. The van der Waals surface area contributed by atoms with Crippen LogP contribution < -0.4 is 14.8 Å². The predicted octanol–water partition coefficient (Wildman–Crippen LogP) is 4.78. The lowest BCUT2D eigenvalue weighted by atomic mass is 9.67. The first kappa shape index (κ1) is 30.6. The van der Waals surface area contributed by atoms with Gasteiger partial charge in [0.15, 0.2) is 0 Å². The summed E-state index contributed by atoms with van der Waals surface area (Å²) in [5.74, 6) is 0.246. The quantitative estimate of drug-likeness (QED) is 0.426. The maximum atomic E-state index is 12.0. The van der Waals surface area contributed by atoms with Gasteiger partial charge in [-0.15, -0.1) is 0 Å². The number of nitrogens with two attached hydrogens (primary N) is 1. The first-order valence-electron chi connectivity index (χ1n) is 15.3. The van der Waals surface area contributed by atoms with E-state index < -0.39 is 22.1 Å². The summed E-state index contributed by atoms with van der Waals surface area (Å²) in [6.07, 6.45) is 6.03. The molecular weight excluding hydrogens is 592 g/mol. The summed E-state index contributed by atoms with van der Waals surface area (Å²) < 4.78 is 41.9. The number of carbonyl (C=O) groups is 1. The average molecular weight is 633 g/mol. The molecule has 0 amide bonds. The highest BCUT2D eigenvalue weighted by molar-refractivity contribution is 7.89. The van der Waals surface area contributed by atoms with Crippen molar-refractivity contribution in [3.63, 3.8) is 0 Å². The van der Waals surface area contributed by atoms with Gasteiger partial charge in [0.2, 0.25) is 10.0 Å². The van der Waals surface area contributed by atoms with Crippen molar-refractivity contribution in [2.75, 3.05) is 37.0 Å². The fraction of sp³-hybridized carbons (Fsp3) is 0.594. The van der Waals surface area contributed by atoms with Crippen LogP contribution in [0.3, 0.4) is 0 Å². The molecule has 1 spiro atoms. The molecule has 2 heterocycles. The van der Waals surface area contributed by atoms with Crippen molar-refractivity contribution in [1.29, 1.82) is 0 Å². The van der Waals surface area contributed by atoms with Crippen LogP contribution in [0.15, 0.2) is 36.4 Å². The standard InChI is InChI=1S/C32H41ClN2O7S/c1-20(17-43(34,38)39)42-25-10-12-40-30(15-25)26-7-4-23(26)16-35-18-32(11-2-3-21-13-24(33)6-8-27(21)32)19-41-29-9-5-22(31(36)37)14-28(29)35/h5-6,8-9,13-14,20,23,25-26,30H,2-4,7,10-12,15-19H2,1H3,(H,36,37)(H2,34,38,39)/t20-,23+,25+,26-,30-,32+/m1/s1. The normalized spacial score (nSPS) is 29.5. The van der Waals surface area contributed by atoms with Crippen molar-refractivity contribution < 1.29 is 32.5 Å². The Bertz CT molecular complexity index is 1470. The number of aryl methyl sites for hydroxylation is 1. The highest BCUT2D eigenvalue weighted by Crippen LogP contribution is 2.47. The van der Waals surface area contributed by atoms with Gasteiger partial charge in [0.25, 0.3) is 0 Å². The third-order valence-corrected chi connectivity index (χ3v) is 11.0. The van der Waals surface area contributed by atoms with Crippen molar-refractivity contribution in [2.45, 2.75) is 75.6 Å². The SMILES string of the molecule is C[C@H](CS(N)(=O)=O)O[C@H]1CCO[C@@H]([C@@H]2CC[C@H]2CN2C[C@@]3(CCCc4cc(Cl)ccc43)COc3ccc(C(=O)O)cc32)C1. The lowest BCUT2D eigenvalue weighted by molar-refractivity contribution is -0.126. The van der Waals surface area contributed by atoms with E-state index in [9.17, 15) is 18.3 Å². The summed E-state index contributed by atoms with van der Waals surface area (Å²) in [7, 11) is -3.61. The number of halogens is 1. The average Bonchev–Trinajstić information content (AvgIpc) is 3.07. The molecule has 0 bridgehead atoms. The van der Waals surface area contributed by atoms with Crippen molar-refractivity contribution in [2.24, 2.45) is 17.0 Å². The first-order valence-corrected chi connectivity index (χ1v) is 17.4. The number of carboxylic acid groups (broad SMARTS) is 1. The zero-order chi connectivity index (χ0) is 30.4. The molecule has 11 heteroatoms. The number of rotatable bonds is 8. The summed E-state index contributed by atoms with van der Waals surface area (Å²) in [6, 6.07) is 11.4. The van der Waals surface area contributed by atoms with Gasteiger partial charge in [0.05, 0.1) is 41.9 Å². The van der Waals surface area contributed by atoms with Gasteiger partial charge in [-0.25, -0.2) is 18.4 Å². The molecule has 2 fully saturated rings. The zero-order valence-corrected chi connectivity index (χ0v) is 26.1. The van der Waals surface area contributed by atoms with E-state index >= 15 is 0 Å². The molecule has 9 nitrogen and oxygen atoms in total. The number of anilines is 1. The minimum absolute atomic E-state index is 0.0266. The predicted molar refractivity (Wildman–Crippen MR) is 165 cm³/mol. The number of fused-ring (bicyclic) bond motifs is 3. The van der Waals surface area contributed by atoms with Crippen LogP contribution in [0.4, 0.5) is 5.69 Å². The number of hydrogen-bond acceptors (Lipinski definition) is 7. The number of nitrogens with zero attached hydrogens (tertiary/aromatic N) is 1. The van der Waals surface area contributed by atoms with E-state index in [0.717, 1.165) is 68.7 Å². The van der Waals surface area contributed by atoms with Crippen LogP contribution in [-0.2, 0) is 31.3 Å². The van der Waals surface area contributed by atoms with Crippen molar-refractivity contribution in [3.05, 3.63) is 58.1 Å². The molecule has 1 saturated heterocycles. The Morgan fingerprint density at radius 2 is 2.07 bits per heavy atom. The third-order valence-electron chi connectivity index (χ3n) is 9.85. The van der Waals surface area contributed by atoms with Gasteiger partial charge in [-0.1, -0.05) is 17.7 Å². The molecule has 2 aromatic rings. The summed E-state index contributed by atoms with van der Waals surface area (Å²) >= 11 is 6.39. The lowest BCUT2D eigenvalue weighted by Gasteiger charge is -2.48. The largest absolute Gasteiger partial charge is 0.490 e. The monoisotopic (exact) mass is 632 g/mol. The van der Waals surface area contributed by atoms with Gasteiger partial charge in [-0.3, -0.25) is 0 Å². The minimum atomic E-state index is -3.61. The fourth-order valence-corrected chi connectivity index (χ4v) is 8.68. The molecule has 2 aliphatic carbocycles. The highest BCUT2D eigenvalue weighted by atomic mass is 35.5. The molecular formula is C32H41ClN2O7S. The van der Waals surface area contributed by atoms with E-state index in [0.29, 0.717) is 30.8 Å². The van der Waals surface area contributed by atoms with Gasteiger partial charge in [-0.05, 0) is 98.7 Å². The number of ether oxygens (including phenoxy) is 3. The molecule has 2 aliphatic heterocycles. The Kier molecular flexibility index (Phi) is 8.69. The van der Waals surface area contributed by atoms with E-state index in [4.69, 9.17) is 31.0 Å². The summed E-state index contributed by atoms with van der Waals surface area (Å²) in [4.78, 5) is 14.3. The fourth-order valence-electron chi connectivity index (χ4n) is 7.75. The molecule has 43 heavy (non-hydrogen) atoms. The van der Waals surface area contributed by atoms with E-state index in [2.05, 4.69) is 17.0 Å². The molecule has 4 aliphatic rings. The van der Waals surface area contributed by atoms with Crippen LogP contribution >= 0.6 is 11.6 Å². The number of aromatic carboxylic acids is 1.